The highest BCUT2D eigenvalue weighted by molar-refractivity contribution is 9.10. The second kappa shape index (κ2) is 8.23. The lowest BCUT2D eigenvalue weighted by Gasteiger charge is -2.38. The summed E-state index contributed by atoms with van der Waals surface area (Å²) in [6.45, 7) is 4.27. The Kier molecular flexibility index (Phi) is 6.03. The lowest BCUT2D eigenvalue weighted by molar-refractivity contribution is 0.0354. The van der Waals surface area contributed by atoms with Crippen LogP contribution in [0.15, 0.2) is 33.3 Å². The predicted octanol–water partition coefficient (Wildman–Crippen LogP) is 3.97. The number of ether oxygens (including phenoxy) is 1. The minimum Gasteiger partial charge on any atom is -0.381 e. The van der Waals surface area contributed by atoms with Crippen LogP contribution in [-0.2, 0) is 23.2 Å². The normalized spacial score (nSPS) is 17.1. The SMILES string of the molecule is CCCCc1nc(CNC2(c3cccc(Br)c3)CCOCC2)no1. The maximum atomic E-state index is 5.58. The van der Waals surface area contributed by atoms with Crippen molar-refractivity contribution in [2.45, 2.75) is 51.1 Å². The van der Waals surface area contributed by atoms with Crippen LogP contribution in [0, 0.1) is 0 Å². The first-order valence-electron chi connectivity index (χ1n) is 8.62. The number of unbranched alkanes of at least 4 members (excludes halogenated alkanes) is 1. The van der Waals surface area contributed by atoms with E-state index in [0.29, 0.717) is 6.54 Å². The molecule has 0 amide bonds. The van der Waals surface area contributed by atoms with Crippen LogP contribution in [0.4, 0.5) is 0 Å². The molecule has 1 aromatic heterocycles. The minimum absolute atomic E-state index is 0.105. The van der Waals surface area contributed by atoms with Crippen LogP contribution in [0.1, 0.15) is 49.9 Å². The zero-order chi connectivity index (χ0) is 16.8. The van der Waals surface area contributed by atoms with Crippen molar-refractivity contribution in [1.82, 2.24) is 15.5 Å². The van der Waals surface area contributed by atoms with Gasteiger partial charge in [0, 0.05) is 29.6 Å². The lowest BCUT2D eigenvalue weighted by atomic mass is 9.82. The summed E-state index contributed by atoms with van der Waals surface area (Å²) in [6.07, 6.45) is 4.93. The maximum absolute atomic E-state index is 5.58. The molecule has 0 spiro atoms. The summed E-state index contributed by atoms with van der Waals surface area (Å²) in [5, 5.41) is 7.79. The number of hydrogen-bond donors (Lipinski definition) is 1. The molecule has 130 valence electrons. The van der Waals surface area contributed by atoms with E-state index in [1.54, 1.807) is 0 Å². The molecule has 3 rings (SSSR count). The molecule has 0 radical (unpaired) electrons. The van der Waals surface area contributed by atoms with Gasteiger partial charge in [-0.2, -0.15) is 4.98 Å². The van der Waals surface area contributed by atoms with Gasteiger partial charge in [0.25, 0.3) is 0 Å². The summed E-state index contributed by atoms with van der Waals surface area (Å²) in [4.78, 5) is 4.49. The average molecular weight is 394 g/mol. The quantitative estimate of drug-likeness (QED) is 0.770. The smallest absolute Gasteiger partial charge is 0.226 e. The van der Waals surface area contributed by atoms with E-state index < -0.39 is 0 Å². The number of nitrogens with zero attached hydrogens (tertiary/aromatic N) is 2. The number of benzene rings is 1. The number of nitrogens with one attached hydrogen (secondary N) is 1. The Morgan fingerprint density at radius 2 is 2.12 bits per heavy atom. The average Bonchev–Trinajstić information content (AvgIpc) is 3.07. The second-order valence-corrected chi connectivity index (χ2v) is 7.18. The van der Waals surface area contributed by atoms with Crippen molar-refractivity contribution in [2.24, 2.45) is 0 Å². The van der Waals surface area contributed by atoms with Gasteiger partial charge in [-0.05, 0) is 37.0 Å². The van der Waals surface area contributed by atoms with Gasteiger partial charge in [-0.15, -0.1) is 0 Å². The third-order valence-electron chi connectivity index (χ3n) is 4.56. The first-order valence-corrected chi connectivity index (χ1v) is 9.41. The molecule has 1 fully saturated rings. The summed E-state index contributed by atoms with van der Waals surface area (Å²) < 4.78 is 12.0. The molecule has 0 atom stereocenters. The third kappa shape index (κ3) is 4.23. The van der Waals surface area contributed by atoms with Crippen molar-refractivity contribution >= 4 is 15.9 Å². The predicted molar refractivity (Wildman–Crippen MR) is 95.6 cm³/mol. The summed E-state index contributed by atoms with van der Waals surface area (Å²) in [6, 6.07) is 8.48. The molecule has 1 aromatic carbocycles. The van der Waals surface area contributed by atoms with Gasteiger partial charge >= 0.3 is 0 Å². The number of aryl methyl sites for hydroxylation is 1. The van der Waals surface area contributed by atoms with Crippen molar-refractivity contribution in [1.29, 1.82) is 0 Å². The summed E-state index contributed by atoms with van der Waals surface area (Å²) in [5.74, 6) is 1.46. The standard InChI is InChI=1S/C18H24BrN3O2/c1-2-3-7-17-21-16(22-24-17)13-20-18(8-10-23-11-9-18)14-5-4-6-15(19)12-14/h4-6,12,20H,2-3,7-11,13H2,1H3. The van der Waals surface area contributed by atoms with Crippen molar-refractivity contribution in [3.63, 3.8) is 0 Å². The first kappa shape index (κ1) is 17.6. The fraction of sp³-hybridized carbons (Fsp3) is 0.556. The second-order valence-electron chi connectivity index (χ2n) is 6.27. The lowest BCUT2D eigenvalue weighted by Crippen LogP contribution is -2.46. The number of rotatable bonds is 7. The van der Waals surface area contributed by atoms with Crippen LogP contribution < -0.4 is 5.32 Å². The Bertz CT molecular complexity index is 653. The van der Waals surface area contributed by atoms with Crippen LogP contribution in [0.25, 0.3) is 0 Å². The maximum Gasteiger partial charge on any atom is 0.226 e. The molecule has 1 N–H and O–H groups in total. The molecule has 2 heterocycles. The Balaban J connectivity index is 1.72. The molecule has 0 saturated carbocycles. The Hall–Kier alpha value is -1.24. The molecular weight excluding hydrogens is 370 g/mol. The van der Waals surface area contributed by atoms with E-state index in [2.05, 4.69) is 62.6 Å². The topological polar surface area (TPSA) is 60.2 Å². The van der Waals surface area contributed by atoms with Gasteiger partial charge in [-0.3, -0.25) is 5.32 Å². The van der Waals surface area contributed by atoms with Crippen molar-refractivity contribution in [3.8, 4) is 0 Å². The van der Waals surface area contributed by atoms with Crippen LogP contribution in [0.3, 0.4) is 0 Å². The van der Waals surface area contributed by atoms with Gasteiger partial charge in [0.05, 0.1) is 6.54 Å². The van der Waals surface area contributed by atoms with Gasteiger partial charge in [0.1, 0.15) is 0 Å². The molecule has 0 unspecified atom stereocenters. The summed E-state index contributed by atoms with van der Waals surface area (Å²) in [7, 11) is 0. The van der Waals surface area contributed by atoms with E-state index in [0.717, 1.165) is 61.5 Å². The number of aromatic nitrogens is 2. The van der Waals surface area contributed by atoms with Crippen LogP contribution >= 0.6 is 15.9 Å². The van der Waals surface area contributed by atoms with Crippen molar-refractivity contribution in [3.05, 3.63) is 46.0 Å². The van der Waals surface area contributed by atoms with Gasteiger partial charge in [-0.25, -0.2) is 0 Å². The van der Waals surface area contributed by atoms with E-state index in [4.69, 9.17) is 9.26 Å². The summed E-state index contributed by atoms with van der Waals surface area (Å²) in [5.41, 5.74) is 1.17. The zero-order valence-electron chi connectivity index (χ0n) is 14.1. The zero-order valence-corrected chi connectivity index (χ0v) is 15.6. The fourth-order valence-corrected chi connectivity index (χ4v) is 3.51. The molecule has 5 nitrogen and oxygen atoms in total. The number of halogens is 1. The van der Waals surface area contributed by atoms with Crippen molar-refractivity contribution in [2.75, 3.05) is 13.2 Å². The molecule has 1 aliphatic heterocycles. The van der Waals surface area contributed by atoms with Gasteiger partial charge in [0.15, 0.2) is 5.82 Å². The first-order chi connectivity index (χ1) is 11.7. The highest BCUT2D eigenvalue weighted by atomic mass is 79.9. The van der Waals surface area contributed by atoms with E-state index in [9.17, 15) is 0 Å². The Morgan fingerprint density at radius 1 is 1.29 bits per heavy atom. The third-order valence-corrected chi connectivity index (χ3v) is 5.06. The Labute approximate surface area is 151 Å². The van der Waals surface area contributed by atoms with Crippen LogP contribution in [0.2, 0.25) is 0 Å². The largest absolute Gasteiger partial charge is 0.381 e. The monoisotopic (exact) mass is 393 g/mol. The minimum atomic E-state index is -0.105. The Morgan fingerprint density at radius 3 is 2.88 bits per heavy atom. The van der Waals surface area contributed by atoms with Crippen molar-refractivity contribution < 1.29 is 9.26 Å². The van der Waals surface area contributed by atoms with E-state index in [1.807, 2.05) is 0 Å². The molecule has 2 aromatic rings. The highest BCUT2D eigenvalue weighted by Gasteiger charge is 2.34. The molecule has 1 saturated heterocycles. The van der Waals surface area contributed by atoms with Crippen LogP contribution in [-0.4, -0.2) is 23.4 Å². The number of hydrogen-bond acceptors (Lipinski definition) is 5. The van der Waals surface area contributed by atoms with E-state index >= 15 is 0 Å². The molecule has 24 heavy (non-hydrogen) atoms. The van der Waals surface area contributed by atoms with Gasteiger partial charge in [-0.1, -0.05) is 46.6 Å². The van der Waals surface area contributed by atoms with Gasteiger partial charge < -0.3 is 9.26 Å². The van der Waals surface area contributed by atoms with Crippen LogP contribution in [0.5, 0.6) is 0 Å². The molecule has 0 aliphatic carbocycles. The molecule has 1 aliphatic rings. The van der Waals surface area contributed by atoms with Gasteiger partial charge in [0.2, 0.25) is 5.89 Å². The molecule has 0 bridgehead atoms. The summed E-state index contributed by atoms with van der Waals surface area (Å²) >= 11 is 3.58. The molecular formula is C18H24BrN3O2. The fourth-order valence-electron chi connectivity index (χ4n) is 3.11. The highest BCUT2D eigenvalue weighted by Crippen LogP contribution is 2.33. The molecule has 6 heteroatoms. The van der Waals surface area contributed by atoms with E-state index in [1.165, 1.54) is 5.56 Å². The van der Waals surface area contributed by atoms with E-state index in [-0.39, 0.29) is 5.54 Å².